The molecule has 1 heterocycles. The molecular weight excluding hydrogens is 312 g/mol. The smallest absolute Gasteiger partial charge is 0.125 e. The Morgan fingerprint density at radius 2 is 2.11 bits per heavy atom. The zero-order chi connectivity index (χ0) is 12.8. The van der Waals surface area contributed by atoms with Crippen molar-refractivity contribution >= 4 is 38.6 Å². The van der Waals surface area contributed by atoms with Crippen LogP contribution in [0, 0.1) is 0 Å². The van der Waals surface area contributed by atoms with Crippen LogP contribution in [0.5, 0.6) is 0 Å². The van der Waals surface area contributed by atoms with Crippen molar-refractivity contribution in [3.05, 3.63) is 28.5 Å². The second kappa shape index (κ2) is 4.53. The van der Waals surface area contributed by atoms with Crippen molar-refractivity contribution in [1.82, 2.24) is 9.55 Å². The molecule has 18 heavy (non-hydrogen) atoms. The van der Waals surface area contributed by atoms with Crippen LogP contribution in [0.3, 0.4) is 0 Å². The third-order valence-electron chi connectivity index (χ3n) is 4.03. The maximum absolute atomic E-state index is 6.09. The largest absolute Gasteiger partial charge is 0.321 e. The summed E-state index contributed by atoms with van der Waals surface area (Å²) in [6, 6.07) is 6.25. The van der Waals surface area contributed by atoms with Crippen LogP contribution in [-0.4, -0.2) is 9.55 Å². The van der Waals surface area contributed by atoms with E-state index in [0.717, 1.165) is 15.8 Å². The van der Waals surface area contributed by atoms with Gasteiger partial charge in [0.1, 0.15) is 5.82 Å². The van der Waals surface area contributed by atoms with Crippen molar-refractivity contribution in [2.24, 2.45) is 0 Å². The highest BCUT2D eigenvalue weighted by molar-refractivity contribution is 9.10. The summed E-state index contributed by atoms with van der Waals surface area (Å²) in [6.45, 7) is 2.33. The van der Waals surface area contributed by atoms with Crippen LogP contribution in [0.4, 0.5) is 0 Å². The van der Waals surface area contributed by atoms with Crippen LogP contribution in [0.25, 0.3) is 11.0 Å². The summed E-state index contributed by atoms with van der Waals surface area (Å²) in [5, 5.41) is 0. The molecule has 0 bridgehead atoms. The minimum Gasteiger partial charge on any atom is -0.321 e. The van der Waals surface area contributed by atoms with Crippen molar-refractivity contribution in [3.63, 3.8) is 0 Å². The van der Waals surface area contributed by atoms with E-state index in [1.165, 1.54) is 31.2 Å². The van der Waals surface area contributed by atoms with Crippen LogP contribution in [-0.2, 0) is 11.4 Å². The number of benzene rings is 1. The molecule has 0 unspecified atom stereocenters. The van der Waals surface area contributed by atoms with Gasteiger partial charge in [-0.3, -0.25) is 0 Å². The molecule has 2 nitrogen and oxygen atoms in total. The fourth-order valence-electron chi connectivity index (χ4n) is 3.15. The first-order valence-electron chi connectivity index (χ1n) is 6.37. The van der Waals surface area contributed by atoms with E-state index in [1.54, 1.807) is 0 Å². The first-order valence-corrected chi connectivity index (χ1v) is 7.70. The highest BCUT2D eigenvalue weighted by Crippen LogP contribution is 2.40. The number of rotatable bonds is 2. The van der Waals surface area contributed by atoms with Gasteiger partial charge in [0, 0.05) is 10.0 Å². The lowest BCUT2D eigenvalue weighted by atomic mass is 9.99. The Balaban J connectivity index is 2.27. The third-order valence-corrected chi connectivity index (χ3v) is 4.76. The molecule has 3 rings (SSSR count). The average molecular weight is 328 g/mol. The summed E-state index contributed by atoms with van der Waals surface area (Å²) in [6.07, 6.45) is 5.03. The average Bonchev–Trinajstić information content (AvgIpc) is 2.92. The van der Waals surface area contributed by atoms with E-state index >= 15 is 0 Å². The quantitative estimate of drug-likeness (QED) is 0.723. The van der Waals surface area contributed by atoms with E-state index in [2.05, 4.69) is 44.5 Å². The Labute approximate surface area is 120 Å². The van der Waals surface area contributed by atoms with Gasteiger partial charge in [-0.1, -0.05) is 28.8 Å². The van der Waals surface area contributed by atoms with Gasteiger partial charge in [0.05, 0.1) is 16.9 Å². The Morgan fingerprint density at radius 3 is 2.78 bits per heavy atom. The topological polar surface area (TPSA) is 17.8 Å². The molecule has 0 aliphatic heterocycles. The molecular formula is C14H16BrClN2. The predicted molar refractivity (Wildman–Crippen MR) is 79.1 cm³/mol. The molecule has 1 aliphatic carbocycles. The monoisotopic (exact) mass is 326 g/mol. The van der Waals surface area contributed by atoms with Crippen molar-refractivity contribution < 1.29 is 0 Å². The minimum absolute atomic E-state index is 0.180. The highest BCUT2D eigenvalue weighted by atomic mass is 79.9. The van der Waals surface area contributed by atoms with Gasteiger partial charge in [0.2, 0.25) is 0 Å². The standard InChI is InChI=1S/C14H16BrClN2/c1-14(6-2-3-7-14)18-12-8-10(15)4-5-11(12)17-13(18)9-16/h4-5,8H,2-3,6-7,9H2,1H3. The van der Waals surface area contributed by atoms with Gasteiger partial charge in [-0.25, -0.2) is 4.98 Å². The van der Waals surface area contributed by atoms with Gasteiger partial charge in [0.15, 0.2) is 0 Å². The molecule has 1 aliphatic rings. The number of hydrogen-bond acceptors (Lipinski definition) is 1. The Kier molecular flexibility index (Phi) is 3.15. The summed E-state index contributed by atoms with van der Waals surface area (Å²) in [5.74, 6) is 1.47. The van der Waals surface area contributed by atoms with Crippen molar-refractivity contribution in [1.29, 1.82) is 0 Å². The number of fused-ring (bicyclic) bond motifs is 1. The van der Waals surface area contributed by atoms with Gasteiger partial charge in [-0.15, -0.1) is 11.6 Å². The second-order valence-electron chi connectivity index (χ2n) is 5.33. The normalized spacial score (nSPS) is 18.6. The third kappa shape index (κ3) is 1.88. The van der Waals surface area contributed by atoms with Crippen molar-refractivity contribution in [2.45, 2.75) is 44.0 Å². The number of hydrogen-bond donors (Lipinski definition) is 0. The Bertz CT molecular complexity index is 585. The zero-order valence-corrected chi connectivity index (χ0v) is 12.8. The molecule has 0 spiro atoms. The van der Waals surface area contributed by atoms with Crippen LogP contribution in [0.15, 0.2) is 22.7 Å². The molecule has 4 heteroatoms. The molecule has 0 radical (unpaired) electrons. The number of imidazole rings is 1. The first kappa shape index (κ1) is 12.5. The molecule has 0 saturated heterocycles. The number of aromatic nitrogens is 2. The molecule has 0 atom stereocenters. The molecule has 1 aromatic carbocycles. The molecule has 1 aromatic heterocycles. The molecule has 0 N–H and O–H groups in total. The molecule has 2 aromatic rings. The van der Waals surface area contributed by atoms with Gasteiger partial charge in [0.25, 0.3) is 0 Å². The van der Waals surface area contributed by atoms with Crippen LogP contribution in [0.2, 0.25) is 0 Å². The van der Waals surface area contributed by atoms with E-state index in [-0.39, 0.29) is 5.54 Å². The molecule has 1 fully saturated rings. The second-order valence-corrected chi connectivity index (χ2v) is 6.52. The lowest BCUT2D eigenvalue weighted by Crippen LogP contribution is -2.27. The Morgan fingerprint density at radius 1 is 1.39 bits per heavy atom. The van der Waals surface area contributed by atoms with Crippen LogP contribution >= 0.6 is 27.5 Å². The first-order chi connectivity index (χ1) is 8.64. The summed E-state index contributed by atoms with van der Waals surface area (Å²) >= 11 is 9.64. The van der Waals surface area contributed by atoms with E-state index in [9.17, 15) is 0 Å². The predicted octanol–water partition coefficient (Wildman–Crippen LogP) is 4.83. The lowest BCUT2D eigenvalue weighted by Gasteiger charge is -2.28. The fourth-order valence-corrected chi connectivity index (χ4v) is 3.68. The minimum atomic E-state index is 0.180. The summed E-state index contributed by atoms with van der Waals surface area (Å²) in [5.41, 5.74) is 2.42. The van der Waals surface area contributed by atoms with E-state index in [0.29, 0.717) is 5.88 Å². The SMILES string of the molecule is CC1(n2c(CCl)nc3ccc(Br)cc32)CCCC1. The number of halogens is 2. The van der Waals surface area contributed by atoms with Crippen LogP contribution in [0.1, 0.15) is 38.4 Å². The maximum Gasteiger partial charge on any atom is 0.125 e. The Hall–Kier alpha value is -0.540. The molecule has 1 saturated carbocycles. The lowest BCUT2D eigenvalue weighted by molar-refractivity contribution is 0.331. The fraction of sp³-hybridized carbons (Fsp3) is 0.500. The summed E-state index contributed by atoms with van der Waals surface area (Å²) in [7, 11) is 0. The maximum atomic E-state index is 6.09. The van der Waals surface area contributed by atoms with E-state index in [4.69, 9.17) is 11.6 Å². The zero-order valence-electron chi connectivity index (χ0n) is 10.4. The van der Waals surface area contributed by atoms with Gasteiger partial charge < -0.3 is 4.57 Å². The molecule has 0 amide bonds. The van der Waals surface area contributed by atoms with E-state index in [1.807, 2.05) is 6.07 Å². The summed E-state index contributed by atoms with van der Waals surface area (Å²) < 4.78 is 3.46. The van der Waals surface area contributed by atoms with E-state index < -0.39 is 0 Å². The van der Waals surface area contributed by atoms with Gasteiger partial charge >= 0.3 is 0 Å². The number of nitrogens with zero attached hydrogens (tertiary/aromatic N) is 2. The van der Waals surface area contributed by atoms with Crippen molar-refractivity contribution in [3.8, 4) is 0 Å². The highest BCUT2D eigenvalue weighted by Gasteiger charge is 2.33. The van der Waals surface area contributed by atoms with Gasteiger partial charge in [-0.2, -0.15) is 0 Å². The van der Waals surface area contributed by atoms with Gasteiger partial charge in [-0.05, 0) is 38.0 Å². The number of alkyl halides is 1. The van der Waals surface area contributed by atoms with Crippen LogP contribution < -0.4 is 0 Å². The molecule has 96 valence electrons. The van der Waals surface area contributed by atoms with Crippen molar-refractivity contribution in [2.75, 3.05) is 0 Å². The summed E-state index contributed by atoms with van der Waals surface area (Å²) in [4.78, 5) is 4.67.